The second-order valence-electron chi connectivity index (χ2n) is 6.89. The third kappa shape index (κ3) is 7.81. The Bertz CT molecular complexity index is 351. The van der Waals surface area contributed by atoms with Crippen LogP contribution in [0.15, 0.2) is 4.99 Å². The maximum Gasteiger partial charge on any atom is 0.191 e. The fourth-order valence-corrected chi connectivity index (χ4v) is 3.25. The van der Waals surface area contributed by atoms with Crippen molar-refractivity contribution in [1.29, 1.82) is 0 Å². The highest BCUT2D eigenvalue weighted by Crippen LogP contribution is 2.18. The SMILES string of the molecule is CCNC(=NCCCOCC1CCOCC1)NC1CCC(O)CC1. The minimum absolute atomic E-state index is 0.115. The van der Waals surface area contributed by atoms with Crippen LogP contribution in [-0.2, 0) is 9.47 Å². The molecule has 0 amide bonds. The molecule has 0 unspecified atom stereocenters. The van der Waals surface area contributed by atoms with Crippen LogP contribution in [0.25, 0.3) is 0 Å². The summed E-state index contributed by atoms with van der Waals surface area (Å²) in [4.78, 5) is 4.64. The lowest BCUT2D eigenvalue weighted by Gasteiger charge is -2.27. The van der Waals surface area contributed by atoms with Gasteiger partial charge in [0.2, 0.25) is 0 Å². The van der Waals surface area contributed by atoms with Crippen molar-refractivity contribution in [2.45, 2.75) is 64.0 Å². The summed E-state index contributed by atoms with van der Waals surface area (Å²) < 4.78 is 11.1. The van der Waals surface area contributed by atoms with Gasteiger partial charge in [-0.05, 0) is 57.8 Å². The van der Waals surface area contributed by atoms with Gasteiger partial charge in [-0.15, -0.1) is 0 Å². The van der Waals surface area contributed by atoms with Crippen molar-refractivity contribution in [2.24, 2.45) is 10.9 Å². The second kappa shape index (κ2) is 11.7. The number of nitrogens with one attached hydrogen (secondary N) is 2. The van der Waals surface area contributed by atoms with Crippen LogP contribution in [-0.4, -0.2) is 62.7 Å². The molecule has 6 nitrogen and oxygen atoms in total. The minimum atomic E-state index is -0.115. The summed E-state index contributed by atoms with van der Waals surface area (Å²) in [7, 11) is 0. The van der Waals surface area contributed by atoms with Crippen LogP contribution in [0, 0.1) is 5.92 Å². The highest BCUT2D eigenvalue weighted by Gasteiger charge is 2.19. The largest absolute Gasteiger partial charge is 0.393 e. The van der Waals surface area contributed by atoms with Gasteiger partial charge in [0.05, 0.1) is 6.10 Å². The Hall–Kier alpha value is -0.850. The minimum Gasteiger partial charge on any atom is -0.393 e. The topological polar surface area (TPSA) is 75.1 Å². The Kier molecular flexibility index (Phi) is 9.46. The standard InChI is InChI=1S/C18H35N3O3/c1-2-19-18(21-16-4-6-17(22)7-5-16)20-10-3-11-24-14-15-8-12-23-13-9-15/h15-17,22H,2-14H2,1H3,(H2,19,20,21). The molecule has 0 radical (unpaired) electrons. The summed E-state index contributed by atoms with van der Waals surface area (Å²) in [5, 5.41) is 16.4. The molecule has 0 aromatic carbocycles. The van der Waals surface area contributed by atoms with E-state index in [1.807, 2.05) is 0 Å². The molecule has 0 spiro atoms. The van der Waals surface area contributed by atoms with E-state index in [1.165, 1.54) is 0 Å². The normalized spacial score (nSPS) is 26.3. The molecule has 2 fully saturated rings. The second-order valence-corrected chi connectivity index (χ2v) is 6.89. The summed E-state index contributed by atoms with van der Waals surface area (Å²) >= 11 is 0. The molecule has 6 heteroatoms. The van der Waals surface area contributed by atoms with Gasteiger partial charge in [-0.1, -0.05) is 0 Å². The van der Waals surface area contributed by atoms with Gasteiger partial charge in [0.15, 0.2) is 5.96 Å². The molecule has 24 heavy (non-hydrogen) atoms. The van der Waals surface area contributed by atoms with Crippen molar-refractivity contribution < 1.29 is 14.6 Å². The average Bonchev–Trinajstić information content (AvgIpc) is 2.61. The quantitative estimate of drug-likeness (QED) is 0.356. The van der Waals surface area contributed by atoms with Gasteiger partial charge < -0.3 is 25.2 Å². The first-order valence-corrected chi connectivity index (χ1v) is 9.66. The zero-order valence-electron chi connectivity index (χ0n) is 15.1. The smallest absolute Gasteiger partial charge is 0.191 e. The Labute approximate surface area is 146 Å². The van der Waals surface area contributed by atoms with E-state index in [0.29, 0.717) is 12.0 Å². The number of guanidine groups is 1. The van der Waals surface area contributed by atoms with Gasteiger partial charge >= 0.3 is 0 Å². The third-order valence-electron chi connectivity index (χ3n) is 4.79. The van der Waals surface area contributed by atoms with E-state index < -0.39 is 0 Å². The molecule has 1 aliphatic heterocycles. The lowest BCUT2D eigenvalue weighted by atomic mass is 9.93. The van der Waals surface area contributed by atoms with Crippen LogP contribution in [0.4, 0.5) is 0 Å². The summed E-state index contributed by atoms with van der Waals surface area (Å²) in [6, 6.07) is 0.427. The Morgan fingerprint density at radius 3 is 2.62 bits per heavy atom. The molecule has 0 atom stereocenters. The Morgan fingerprint density at radius 1 is 1.17 bits per heavy atom. The van der Waals surface area contributed by atoms with E-state index in [9.17, 15) is 5.11 Å². The lowest BCUT2D eigenvalue weighted by molar-refractivity contribution is 0.0205. The molecule has 1 saturated carbocycles. The number of aliphatic imine (C=N–C) groups is 1. The Morgan fingerprint density at radius 2 is 1.92 bits per heavy atom. The molecule has 0 aromatic heterocycles. The molecule has 2 rings (SSSR count). The average molecular weight is 341 g/mol. The van der Waals surface area contributed by atoms with Crippen molar-refractivity contribution >= 4 is 5.96 Å². The van der Waals surface area contributed by atoms with Gasteiger partial charge in [0, 0.05) is 45.6 Å². The molecule has 2 aliphatic rings. The monoisotopic (exact) mass is 341 g/mol. The van der Waals surface area contributed by atoms with E-state index in [-0.39, 0.29) is 6.10 Å². The number of hydrogen-bond donors (Lipinski definition) is 3. The highest BCUT2D eigenvalue weighted by molar-refractivity contribution is 5.80. The van der Waals surface area contributed by atoms with Gasteiger partial charge in [-0.2, -0.15) is 0 Å². The molecule has 140 valence electrons. The number of ether oxygens (including phenoxy) is 2. The van der Waals surface area contributed by atoms with E-state index in [0.717, 1.165) is 90.4 Å². The van der Waals surface area contributed by atoms with Gasteiger partial charge in [-0.25, -0.2) is 0 Å². The number of nitrogens with zero attached hydrogens (tertiary/aromatic N) is 1. The van der Waals surface area contributed by atoms with Gasteiger partial charge in [-0.3, -0.25) is 4.99 Å². The summed E-state index contributed by atoms with van der Waals surface area (Å²) in [6.07, 6.45) is 6.89. The maximum absolute atomic E-state index is 9.59. The lowest BCUT2D eigenvalue weighted by Crippen LogP contribution is -2.45. The summed E-state index contributed by atoms with van der Waals surface area (Å²) in [5.41, 5.74) is 0. The Balaban J connectivity index is 1.58. The first-order valence-electron chi connectivity index (χ1n) is 9.66. The first-order chi connectivity index (χ1) is 11.8. The predicted octanol–water partition coefficient (Wildman–Crippen LogP) is 1.68. The number of aliphatic hydroxyl groups is 1. The predicted molar refractivity (Wildman–Crippen MR) is 96.4 cm³/mol. The zero-order valence-corrected chi connectivity index (χ0v) is 15.1. The zero-order chi connectivity index (χ0) is 17.0. The molecule has 1 saturated heterocycles. The van der Waals surface area contributed by atoms with Crippen LogP contribution < -0.4 is 10.6 Å². The fraction of sp³-hybridized carbons (Fsp3) is 0.944. The molecular weight excluding hydrogens is 306 g/mol. The third-order valence-corrected chi connectivity index (χ3v) is 4.79. The van der Waals surface area contributed by atoms with Crippen molar-refractivity contribution in [3.8, 4) is 0 Å². The van der Waals surface area contributed by atoms with E-state index in [2.05, 4.69) is 22.5 Å². The van der Waals surface area contributed by atoms with Crippen LogP contribution in [0.3, 0.4) is 0 Å². The fourth-order valence-electron chi connectivity index (χ4n) is 3.25. The number of rotatable bonds is 8. The van der Waals surface area contributed by atoms with E-state index >= 15 is 0 Å². The van der Waals surface area contributed by atoms with Crippen molar-refractivity contribution in [3.05, 3.63) is 0 Å². The van der Waals surface area contributed by atoms with Crippen LogP contribution in [0.2, 0.25) is 0 Å². The van der Waals surface area contributed by atoms with E-state index in [4.69, 9.17) is 9.47 Å². The van der Waals surface area contributed by atoms with Crippen molar-refractivity contribution in [1.82, 2.24) is 10.6 Å². The van der Waals surface area contributed by atoms with Crippen LogP contribution >= 0.6 is 0 Å². The molecule has 0 aromatic rings. The number of aliphatic hydroxyl groups excluding tert-OH is 1. The molecule has 0 bridgehead atoms. The molecule has 1 heterocycles. The first kappa shape index (κ1) is 19.5. The van der Waals surface area contributed by atoms with Gasteiger partial charge in [0.1, 0.15) is 0 Å². The van der Waals surface area contributed by atoms with Crippen molar-refractivity contribution in [2.75, 3.05) is 39.5 Å². The highest BCUT2D eigenvalue weighted by atomic mass is 16.5. The molecular formula is C18H35N3O3. The summed E-state index contributed by atoms with van der Waals surface area (Å²) in [5.74, 6) is 1.56. The van der Waals surface area contributed by atoms with Crippen molar-refractivity contribution in [3.63, 3.8) is 0 Å². The summed E-state index contributed by atoms with van der Waals surface area (Å²) in [6.45, 7) is 7.12. The molecule has 1 aliphatic carbocycles. The van der Waals surface area contributed by atoms with E-state index in [1.54, 1.807) is 0 Å². The van der Waals surface area contributed by atoms with Gasteiger partial charge in [0.25, 0.3) is 0 Å². The van der Waals surface area contributed by atoms with Crippen LogP contribution in [0.1, 0.15) is 51.9 Å². The molecule has 3 N–H and O–H groups in total. The maximum atomic E-state index is 9.59. The number of hydrogen-bond acceptors (Lipinski definition) is 4. The van der Waals surface area contributed by atoms with Crippen LogP contribution in [0.5, 0.6) is 0 Å².